The van der Waals surface area contributed by atoms with Crippen LogP contribution in [0.3, 0.4) is 0 Å². The summed E-state index contributed by atoms with van der Waals surface area (Å²) in [5.74, 6) is 1.06. The SMILES string of the molecule is O=C(NC[C@H]1CCCO1)c1ccc(CN2CCN(c3ccccc3)CC2)o1. The minimum atomic E-state index is -0.161. The lowest BCUT2D eigenvalue weighted by atomic mass is 10.2. The minimum absolute atomic E-state index is 0.143. The van der Waals surface area contributed by atoms with E-state index in [1.807, 2.05) is 12.1 Å². The Bertz CT molecular complexity index is 732. The second kappa shape index (κ2) is 8.59. The number of hydrogen-bond donors (Lipinski definition) is 1. The van der Waals surface area contributed by atoms with E-state index in [0.29, 0.717) is 12.3 Å². The molecule has 1 N–H and O–H groups in total. The van der Waals surface area contributed by atoms with Crippen molar-refractivity contribution >= 4 is 11.6 Å². The maximum absolute atomic E-state index is 12.2. The van der Waals surface area contributed by atoms with Gasteiger partial charge in [0.1, 0.15) is 5.76 Å². The van der Waals surface area contributed by atoms with Crippen molar-refractivity contribution in [1.82, 2.24) is 10.2 Å². The first kappa shape index (κ1) is 18.1. The number of nitrogens with zero attached hydrogens (tertiary/aromatic N) is 2. The molecule has 1 amide bonds. The Kier molecular flexibility index (Phi) is 5.75. The predicted molar refractivity (Wildman–Crippen MR) is 104 cm³/mol. The molecule has 27 heavy (non-hydrogen) atoms. The van der Waals surface area contributed by atoms with Crippen LogP contribution in [0.1, 0.15) is 29.2 Å². The van der Waals surface area contributed by atoms with Crippen molar-refractivity contribution in [3.8, 4) is 0 Å². The van der Waals surface area contributed by atoms with E-state index in [9.17, 15) is 4.79 Å². The van der Waals surface area contributed by atoms with Crippen LogP contribution in [0.5, 0.6) is 0 Å². The van der Waals surface area contributed by atoms with Crippen LogP contribution in [-0.4, -0.2) is 56.2 Å². The molecule has 2 aromatic rings. The second-order valence-electron chi connectivity index (χ2n) is 7.21. The second-order valence-corrected chi connectivity index (χ2v) is 7.21. The average Bonchev–Trinajstić information content (AvgIpc) is 3.40. The fraction of sp³-hybridized carbons (Fsp3) is 0.476. The van der Waals surface area contributed by atoms with E-state index in [2.05, 4.69) is 39.4 Å². The predicted octanol–water partition coefficient (Wildman–Crippen LogP) is 2.51. The van der Waals surface area contributed by atoms with E-state index >= 15 is 0 Å². The van der Waals surface area contributed by atoms with Crippen LogP contribution >= 0.6 is 0 Å². The van der Waals surface area contributed by atoms with Gasteiger partial charge in [-0.1, -0.05) is 18.2 Å². The number of piperazine rings is 1. The van der Waals surface area contributed by atoms with Gasteiger partial charge in [0.05, 0.1) is 12.6 Å². The molecule has 3 heterocycles. The number of benzene rings is 1. The lowest BCUT2D eigenvalue weighted by molar-refractivity contribution is 0.0832. The van der Waals surface area contributed by atoms with Gasteiger partial charge in [-0.2, -0.15) is 0 Å². The molecular formula is C21H27N3O3. The summed E-state index contributed by atoms with van der Waals surface area (Å²) < 4.78 is 11.3. The number of para-hydroxylation sites is 1. The number of carbonyl (C=O) groups excluding carboxylic acids is 1. The fourth-order valence-corrected chi connectivity index (χ4v) is 3.71. The average molecular weight is 369 g/mol. The summed E-state index contributed by atoms with van der Waals surface area (Å²) in [4.78, 5) is 17.0. The zero-order valence-corrected chi connectivity index (χ0v) is 15.6. The van der Waals surface area contributed by atoms with Crippen molar-refractivity contribution in [3.05, 3.63) is 54.0 Å². The van der Waals surface area contributed by atoms with Crippen LogP contribution in [0, 0.1) is 0 Å². The van der Waals surface area contributed by atoms with E-state index in [1.54, 1.807) is 6.07 Å². The normalized spacial score (nSPS) is 20.7. The summed E-state index contributed by atoms with van der Waals surface area (Å²) in [6.45, 7) is 6.05. The molecule has 2 fully saturated rings. The Morgan fingerprint density at radius 2 is 1.89 bits per heavy atom. The summed E-state index contributed by atoms with van der Waals surface area (Å²) in [5, 5.41) is 2.90. The lowest BCUT2D eigenvalue weighted by Crippen LogP contribution is -2.45. The lowest BCUT2D eigenvalue weighted by Gasteiger charge is -2.35. The van der Waals surface area contributed by atoms with E-state index < -0.39 is 0 Å². The highest BCUT2D eigenvalue weighted by Gasteiger charge is 2.20. The number of nitrogens with one attached hydrogen (secondary N) is 1. The van der Waals surface area contributed by atoms with Gasteiger partial charge in [-0.25, -0.2) is 0 Å². The third-order valence-electron chi connectivity index (χ3n) is 5.27. The van der Waals surface area contributed by atoms with Gasteiger partial charge in [0.15, 0.2) is 5.76 Å². The van der Waals surface area contributed by atoms with Crippen molar-refractivity contribution in [2.24, 2.45) is 0 Å². The molecule has 4 rings (SSSR count). The number of hydrogen-bond acceptors (Lipinski definition) is 5. The number of anilines is 1. The van der Waals surface area contributed by atoms with Crippen molar-refractivity contribution in [1.29, 1.82) is 0 Å². The highest BCUT2D eigenvalue weighted by molar-refractivity contribution is 5.91. The molecule has 0 radical (unpaired) electrons. The van der Waals surface area contributed by atoms with E-state index in [1.165, 1.54) is 5.69 Å². The van der Waals surface area contributed by atoms with E-state index in [0.717, 1.165) is 57.9 Å². The smallest absolute Gasteiger partial charge is 0.287 e. The van der Waals surface area contributed by atoms with Crippen LogP contribution in [-0.2, 0) is 11.3 Å². The molecule has 6 nitrogen and oxygen atoms in total. The van der Waals surface area contributed by atoms with E-state index in [4.69, 9.17) is 9.15 Å². The highest BCUT2D eigenvalue weighted by Crippen LogP contribution is 2.18. The summed E-state index contributed by atoms with van der Waals surface area (Å²) in [7, 11) is 0. The van der Waals surface area contributed by atoms with Crippen LogP contribution in [0.4, 0.5) is 5.69 Å². The van der Waals surface area contributed by atoms with Gasteiger partial charge in [0.25, 0.3) is 5.91 Å². The molecule has 1 aromatic carbocycles. The van der Waals surface area contributed by atoms with E-state index in [-0.39, 0.29) is 12.0 Å². The number of furan rings is 1. The fourth-order valence-electron chi connectivity index (χ4n) is 3.71. The van der Waals surface area contributed by atoms with Crippen molar-refractivity contribution in [2.45, 2.75) is 25.5 Å². The Balaban J connectivity index is 1.24. The Morgan fingerprint density at radius 1 is 1.07 bits per heavy atom. The van der Waals surface area contributed by atoms with Crippen LogP contribution < -0.4 is 10.2 Å². The summed E-state index contributed by atoms with van der Waals surface area (Å²) >= 11 is 0. The molecule has 6 heteroatoms. The molecule has 1 aromatic heterocycles. The van der Waals surface area contributed by atoms with Crippen LogP contribution in [0.25, 0.3) is 0 Å². The monoisotopic (exact) mass is 369 g/mol. The maximum Gasteiger partial charge on any atom is 0.287 e. The molecule has 2 saturated heterocycles. The molecule has 0 saturated carbocycles. The summed E-state index contributed by atoms with van der Waals surface area (Å²) in [6.07, 6.45) is 2.23. The molecule has 0 aliphatic carbocycles. The van der Waals surface area contributed by atoms with Gasteiger partial charge in [0.2, 0.25) is 0 Å². The van der Waals surface area contributed by atoms with Gasteiger partial charge in [-0.05, 0) is 37.1 Å². The standard InChI is InChI=1S/C21H27N3O3/c25-21(22-15-18-7-4-14-26-18)20-9-8-19(27-20)16-23-10-12-24(13-11-23)17-5-2-1-3-6-17/h1-3,5-6,8-9,18H,4,7,10-16H2,(H,22,25)/t18-/m1/s1. The molecule has 144 valence electrons. The quantitative estimate of drug-likeness (QED) is 0.848. The number of ether oxygens (including phenoxy) is 1. The minimum Gasteiger partial charge on any atom is -0.455 e. The Hall–Kier alpha value is -2.31. The first-order valence-corrected chi connectivity index (χ1v) is 9.79. The molecular weight excluding hydrogens is 342 g/mol. The summed E-state index contributed by atoms with van der Waals surface area (Å²) in [5.41, 5.74) is 1.28. The molecule has 2 aliphatic heterocycles. The third kappa shape index (κ3) is 4.70. The van der Waals surface area contributed by atoms with Crippen LogP contribution in [0.2, 0.25) is 0 Å². The molecule has 0 unspecified atom stereocenters. The highest BCUT2D eigenvalue weighted by atomic mass is 16.5. The molecule has 0 bridgehead atoms. The van der Waals surface area contributed by atoms with Gasteiger partial charge in [-0.3, -0.25) is 9.69 Å². The first-order valence-electron chi connectivity index (χ1n) is 9.79. The van der Waals surface area contributed by atoms with Crippen molar-refractivity contribution in [3.63, 3.8) is 0 Å². The zero-order chi connectivity index (χ0) is 18.5. The van der Waals surface area contributed by atoms with Gasteiger partial charge in [0, 0.05) is 45.0 Å². The van der Waals surface area contributed by atoms with Gasteiger partial charge < -0.3 is 19.4 Å². The zero-order valence-electron chi connectivity index (χ0n) is 15.6. The number of carbonyl (C=O) groups is 1. The number of amides is 1. The van der Waals surface area contributed by atoms with Gasteiger partial charge >= 0.3 is 0 Å². The third-order valence-corrected chi connectivity index (χ3v) is 5.27. The maximum atomic E-state index is 12.2. The molecule has 1 atom stereocenters. The molecule has 0 spiro atoms. The molecule has 2 aliphatic rings. The first-order chi connectivity index (χ1) is 13.3. The van der Waals surface area contributed by atoms with Gasteiger partial charge in [-0.15, -0.1) is 0 Å². The van der Waals surface area contributed by atoms with Crippen LogP contribution in [0.15, 0.2) is 46.9 Å². The number of rotatable bonds is 6. The Labute approximate surface area is 160 Å². The topological polar surface area (TPSA) is 58.0 Å². The Morgan fingerprint density at radius 3 is 2.63 bits per heavy atom. The summed E-state index contributed by atoms with van der Waals surface area (Å²) in [6, 6.07) is 14.2. The largest absolute Gasteiger partial charge is 0.455 e. The van der Waals surface area contributed by atoms with Crippen molar-refractivity contribution in [2.75, 3.05) is 44.2 Å². The van der Waals surface area contributed by atoms with Crippen molar-refractivity contribution < 1.29 is 13.9 Å².